The number of nitrogens with zero attached hydrogens (tertiary/aromatic N) is 4. The van der Waals surface area contributed by atoms with Gasteiger partial charge in [-0.05, 0) is 130 Å². The van der Waals surface area contributed by atoms with Gasteiger partial charge in [0.05, 0.1) is 17.1 Å². The Bertz CT molecular complexity index is 3640. The van der Waals surface area contributed by atoms with Gasteiger partial charge in [0, 0.05) is 61.4 Å². The van der Waals surface area contributed by atoms with Crippen molar-refractivity contribution in [2.24, 2.45) is 24.6 Å². The second-order valence-corrected chi connectivity index (χ2v) is 24.0. The first-order chi connectivity index (χ1) is 40.2. The lowest BCUT2D eigenvalue weighted by molar-refractivity contribution is -0.147. The molecule has 4 aliphatic rings. The molecule has 24 heteroatoms. The maximum absolute atomic E-state index is 15.2. The summed E-state index contributed by atoms with van der Waals surface area (Å²) in [6.07, 6.45) is 5.02. The summed E-state index contributed by atoms with van der Waals surface area (Å²) in [6, 6.07) is 23.6. The normalized spacial score (nSPS) is 21.5. The highest BCUT2D eigenvalue weighted by Crippen LogP contribution is 2.40. The van der Waals surface area contributed by atoms with Crippen molar-refractivity contribution in [3.05, 3.63) is 142 Å². The van der Waals surface area contributed by atoms with Crippen LogP contribution >= 0.6 is 7.60 Å². The maximum atomic E-state index is 15.2. The molecule has 10 rings (SSSR count). The van der Waals surface area contributed by atoms with Crippen molar-refractivity contribution in [1.82, 2.24) is 45.2 Å². The molecule has 0 spiro atoms. The van der Waals surface area contributed by atoms with Gasteiger partial charge in [-0.15, -0.1) is 0 Å². The molecule has 2 aromatic heterocycles. The Morgan fingerprint density at radius 3 is 2.15 bits per heavy atom. The Hall–Kier alpha value is -8.53. The topological polar surface area (TPSA) is 335 Å². The number of piperidine rings is 1. The summed E-state index contributed by atoms with van der Waals surface area (Å²) < 4.78 is 14.8. The van der Waals surface area contributed by atoms with Gasteiger partial charge in [-0.1, -0.05) is 66.7 Å². The first-order valence-electron chi connectivity index (χ1n) is 28.4. The van der Waals surface area contributed by atoms with E-state index in [0.29, 0.717) is 48.7 Å². The molecule has 0 bridgehead atoms. The summed E-state index contributed by atoms with van der Waals surface area (Å²) in [6.45, 7) is -0.0563. The van der Waals surface area contributed by atoms with Crippen LogP contribution in [0.5, 0.6) is 0 Å². The zero-order valence-corrected chi connectivity index (χ0v) is 47.1. The highest BCUT2D eigenvalue weighted by Gasteiger charge is 2.47. The van der Waals surface area contributed by atoms with E-state index in [0.717, 1.165) is 36.0 Å². The van der Waals surface area contributed by atoms with Gasteiger partial charge in [0.1, 0.15) is 29.9 Å². The molecule has 5 heterocycles. The van der Waals surface area contributed by atoms with Gasteiger partial charge in [0.25, 0.3) is 11.4 Å². The number of nitrogens with two attached hydrogens (primary N) is 1. The Kier molecular flexibility index (Phi) is 17.3. The van der Waals surface area contributed by atoms with Crippen LogP contribution in [-0.4, -0.2) is 124 Å². The van der Waals surface area contributed by atoms with Crippen molar-refractivity contribution in [3.63, 3.8) is 0 Å². The standard InChI is InChI=1S/C60H67N10O13P/c1-67-49-30-35(16-23-46(49)70(60(67)80)48-25-27-51(72)65-56(48)76)13-12-34-14-17-38(18-15-34)57(77)68-29-28-41-20-24-47(55(75)63-43(22-26-50(61)71)53(73)66-52(36-8-4-2-5-9-36)37-10-6-3-7-11-37)69(41)58(78)45(33-68)64-54(74)44-32-40-31-39(19-21-42(40)62-44)59(79)84(81,82)83/h2-11,16,19,21,23,30-32,34,38,41,43,45,47-48,52,62H,12-15,17-18,20,22,24-29,33H2,1H3,(H2,61,71)(H,63,75)(H,64,74)(H,66,73)(H,65,72,76)(H2,81,82,83)/t34?,38?,41-,43+,45+,47+,48?/m1/s1. The minimum absolute atomic E-state index is 0.0636. The fourth-order valence-electron chi connectivity index (χ4n) is 12.6. The van der Waals surface area contributed by atoms with Crippen LogP contribution in [0.3, 0.4) is 0 Å². The molecular weight excluding hydrogens is 1100 g/mol. The Morgan fingerprint density at radius 2 is 1.49 bits per heavy atom. The predicted octanol–water partition coefficient (Wildman–Crippen LogP) is 3.90. The summed E-state index contributed by atoms with van der Waals surface area (Å²) in [5.41, 5.74) is 7.64. The van der Waals surface area contributed by atoms with Gasteiger partial charge in [0.15, 0.2) is 0 Å². The second kappa shape index (κ2) is 24.7. The summed E-state index contributed by atoms with van der Waals surface area (Å²) in [4.78, 5) is 161. The largest absolute Gasteiger partial charge is 0.396 e. The molecule has 8 amide bonds. The van der Waals surface area contributed by atoms with E-state index < -0.39 is 84.8 Å². The lowest BCUT2D eigenvalue weighted by Crippen LogP contribution is -2.62. The number of imide groups is 1. The van der Waals surface area contributed by atoms with Gasteiger partial charge in [-0.2, -0.15) is 0 Å². The van der Waals surface area contributed by atoms with E-state index in [1.54, 1.807) is 11.9 Å². The average molecular weight is 1170 g/mol. The van der Waals surface area contributed by atoms with Crippen LogP contribution in [0.15, 0.2) is 108 Å². The molecule has 6 aromatic rings. The first kappa shape index (κ1) is 58.7. The zero-order chi connectivity index (χ0) is 59.6. The lowest BCUT2D eigenvalue weighted by Gasteiger charge is -2.40. The van der Waals surface area contributed by atoms with Gasteiger partial charge >= 0.3 is 13.3 Å². The zero-order valence-electron chi connectivity index (χ0n) is 46.2. The van der Waals surface area contributed by atoms with Crippen molar-refractivity contribution in [2.45, 2.75) is 120 Å². The van der Waals surface area contributed by atoms with Crippen molar-refractivity contribution in [2.75, 3.05) is 13.1 Å². The van der Waals surface area contributed by atoms with Gasteiger partial charge < -0.3 is 46.3 Å². The van der Waals surface area contributed by atoms with E-state index >= 15 is 4.79 Å². The van der Waals surface area contributed by atoms with Crippen LogP contribution < -0.4 is 32.7 Å². The van der Waals surface area contributed by atoms with Crippen LogP contribution in [0.25, 0.3) is 21.9 Å². The fourth-order valence-corrected chi connectivity index (χ4v) is 13.0. The number of amides is 8. The molecule has 0 radical (unpaired) electrons. The fraction of sp³-hybridized carbons (Fsp3) is 0.400. The number of primary amides is 1. The highest BCUT2D eigenvalue weighted by atomic mass is 31.2. The van der Waals surface area contributed by atoms with E-state index in [-0.39, 0.29) is 91.2 Å². The van der Waals surface area contributed by atoms with Crippen LogP contribution in [0.4, 0.5) is 0 Å². The minimum Gasteiger partial charge on any atom is -0.370 e. The number of rotatable bonds is 18. The lowest BCUT2D eigenvalue weighted by atomic mass is 9.79. The maximum Gasteiger partial charge on any atom is 0.396 e. The number of carbonyl (C=O) groups excluding carboxylic acids is 9. The summed E-state index contributed by atoms with van der Waals surface area (Å²) >= 11 is 0. The predicted molar refractivity (Wildman–Crippen MR) is 306 cm³/mol. The highest BCUT2D eigenvalue weighted by molar-refractivity contribution is 7.70. The molecule has 4 aromatic carbocycles. The molecule has 4 fully saturated rings. The molecule has 5 atom stereocenters. The molecule has 440 valence electrons. The molecule has 3 aliphatic heterocycles. The molecule has 1 unspecified atom stereocenters. The molecule has 3 saturated heterocycles. The minimum atomic E-state index is -5.13. The number of aromatic amines is 1. The third-order valence-electron chi connectivity index (χ3n) is 17.1. The Labute approximate surface area is 482 Å². The first-order valence-corrected chi connectivity index (χ1v) is 30.0. The van der Waals surface area contributed by atoms with Crippen molar-refractivity contribution in [3.8, 4) is 0 Å². The van der Waals surface area contributed by atoms with E-state index in [1.807, 2.05) is 78.9 Å². The Morgan fingerprint density at radius 1 is 0.786 bits per heavy atom. The number of nitrogens with one attached hydrogen (secondary N) is 5. The summed E-state index contributed by atoms with van der Waals surface area (Å²) in [7, 11) is -3.48. The van der Waals surface area contributed by atoms with E-state index in [2.05, 4.69) is 26.3 Å². The van der Waals surface area contributed by atoms with Crippen molar-refractivity contribution in [1.29, 1.82) is 0 Å². The monoisotopic (exact) mass is 1170 g/mol. The van der Waals surface area contributed by atoms with Crippen LogP contribution in [0.1, 0.15) is 127 Å². The second-order valence-electron chi connectivity index (χ2n) is 22.5. The average Bonchev–Trinajstić information content (AvgIpc) is 4.38. The number of hydrogen-bond acceptors (Lipinski definition) is 11. The Balaban J connectivity index is 0.847. The van der Waals surface area contributed by atoms with Gasteiger partial charge in [-0.25, -0.2) is 4.79 Å². The number of hydrogen-bond donors (Lipinski definition) is 8. The third kappa shape index (κ3) is 12.7. The molecular formula is C60H67N10O13P. The smallest absolute Gasteiger partial charge is 0.370 e. The van der Waals surface area contributed by atoms with Gasteiger partial charge in [-0.3, -0.25) is 62.2 Å². The molecule has 9 N–H and O–H groups in total. The number of aryl methyl sites for hydroxylation is 2. The number of benzene rings is 4. The number of H-pyrrole nitrogens is 1. The van der Waals surface area contributed by atoms with Gasteiger partial charge in [0.2, 0.25) is 41.4 Å². The third-order valence-corrected chi connectivity index (χ3v) is 17.9. The van der Waals surface area contributed by atoms with Crippen molar-refractivity contribution >= 4 is 82.3 Å². The number of fused-ring (bicyclic) bond motifs is 3. The molecule has 23 nitrogen and oxygen atoms in total. The number of imidazole rings is 1. The number of carbonyl (C=O) groups is 9. The summed E-state index contributed by atoms with van der Waals surface area (Å²) in [5.74, 6) is -4.49. The van der Waals surface area contributed by atoms with Crippen LogP contribution in [0.2, 0.25) is 0 Å². The quantitative estimate of drug-likeness (QED) is 0.0448. The summed E-state index contributed by atoms with van der Waals surface area (Å²) in [5, 5.41) is 11.3. The molecule has 84 heavy (non-hydrogen) atoms. The van der Waals surface area contributed by atoms with E-state index in [1.165, 1.54) is 38.3 Å². The van der Waals surface area contributed by atoms with E-state index in [4.69, 9.17) is 5.73 Å². The SMILES string of the molecule is Cn1c(=O)n(C2CCC(=O)NC2=O)c2ccc(CCC3CCC(C(=O)N4CC[C@H]5CC[C@@H](C(=O)N[C@@H](CCC(N)=O)C(=O)NC(c6ccccc6)c6ccccc6)N5C(=O)[C@@H](NC(=O)c5cc6cc(C(=O)P(=O)(O)O)ccc6[nH]5)C4)CC3)cc21. The van der Waals surface area contributed by atoms with Crippen LogP contribution in [-0.2, 0) is 51.6 Å². The van der Waals surface area contributed by atoms with Crippen LogP contribution in [0, 0.1) is 11.8 Å². The molecule has 1 saturated carbocycles. The van der Waals surface area contributed by atoms with Crippen molar-refractivity contribution < 1.29 is 57.5 Å². The number of aromatic nitrogens is 3. The molecule has 1 aliphatic carbocycles. The van der Waals surface area contributed by atoms with E-state index in [9.17, 15) is 57.5 Å².